The normalized spacial score (nSPS) is 31.4. The van der Waals surface area contributed by atoms with Crippen molar-refractivity contribution in [3.63, 3.8) is 0 Å². The van der Waals surface area contributed by atoms with Crippen LogP contribution in [-0.4, -0.2) is 10.7 Å². The maximum atomic E-state index is 10.2. The molecule has 1 nitrogen and oxygen atoms in total. The molecule has 0 bridgehead atoms. The Morgan fingerprint density at radius 2 is 1.45 bits per heavy atom. The van der Waals surface area contributed by atoms with Gasteiger partial charge in [0.05, 0.1) is 5.60 Å². The van der Waals surface area contributed by atoms with Gasteiger partial charge in [-0.2, -0.15) is 0 Å². The van der Waals surface area contributed by atoms with Gasteiger partial charge in [0, 0.05) is 0 Å². The monoisotopic (exact) mass is 154 g/mol. The van der Waals surface area contributed by atoms with Crippen molar-refractivity contribution in [1.29, 1.82) is 0 Å². The summed E-state index contributed by atoms with van der Waals surface area (Å²) in [6.45, 7) is 0. The van der Waals surface area contributed by atoms with Gasteiger partial charge in [0.2, 0.25) is 0 Å². The van der Waals surface area contributed by atoms with Gasteiger partial charge in [-0.1, -0.05) is 25.7 Å². The minimum atomic E-state index is -0.226. The highest BCUT2D eigenvalue weighted by molar-refractivity contribution is 4.95. The molecule has 0 atom stereocenters. The maximum Gasteiger partial charge on any atom is 0.0675 e. The van der Waals surface area contributed by atoms with E-state index in [0.29, 0.717) is 5.92 Å². The van der Waals surface area contributed by atoms with Gasteiger partial charge in [-0.3, -0.25) is 0 Å². The Kier molecular flexibility index (Phi) is 1.92. The van der Waals surface area contributed by atoms with Gasteiger partial charge in [-0.15, -0.1) is 0 Å². The molecule has 2 fully saturated rings. The lowest BCUT2D eigenvalue weighted by Crippen LogP contribution is -2.30. The molecule has 0 aliphatic heterocycles. The first kappa shape index (κ1) is 7.60. The largest absolute Gasteiger partial charge is 0.390 e. The second kappa shape index (κ2) is 2.78. The third-order valence-corrected chi connectivity index (χ3v) is 3.31. The van der Waals surface area contributed by atoms with Crippen molar-refractivity contribution in [3.05, 3.63) is 0 Å². The van der Waals surface area contributed by atoms with Crippen molar-refractivity contribution in [2.75, 3.05) is 0 Å². The van der Waals surface area contributed by atoms with E-state index in [0.717, 1.165) is 12.8 Å². The zero-order chi connectivity index (χ0) is 7.73. The van der Waals surface area contributed by atoms with E-state index in [-0.39, 0.29) is 5.60 Å². The summed E-state index contributed by atoms with van der Waals surface area (Å²) < 4.78 is 0. The van der Waals surface area contributed by atoms with Crippen molar-refractivity contribution < 1.29 is 5.11 Å². The van der Waals surface area contributed by atoms with Gasteiger partial charge in [0.25, 0.3) is 0 Å². The summed E-state index contributed by atoms with van der Waals surface area (Å²) in [5.74, 6) is 0.681. The highest BCUT2D eigenvalue weighted by atomic mass is 16.3. The Balaban J connectivity index is 1.96. The Labute approximate surface area is 68.8 Å². The fourth-order valence-electron chi connectivity index (χ4n) is 2.37. The molecule has 64 valence electrons. The molecule has 0 saturated heterocycles. The average Bonchev–Trinajstić information content (AvgIpc) is 2.70. The van der Waals surface area contributed by atoms with Crippen LogP contribution in [0.2, 0.25) is 0 Å². The number of hydrogen-bond acceptors (Lipinski definition) is 1. The van der Waals surface area contributed by atoms with Crippen LogP contribution in [0.3, 0.4) is 0 Å². The lowest BCUT2D eigenvalue weighted by Gasteiger charge is -2.26. The molecule has 2 aliphatic carbocycles. The van der Waals surface area contributed by atoms with Crippen LogP contribution in [0.15, 0.2) is 0 Å². The zero-order valence-electron chi connectivity index (χ0n) is 7.18. The second-order valence-corrected chi connectivity index (χ2v) is 4.29. The van der Waals surface area contributed by atoms with Crippen LogP contribution in [0.5, 0.6) is 0 Å². The quantitative estimate of drug-likeness (QED) is 0.575. The molecule has 0 radical (unpaired) electrons. The molecule has 1 N–H and O–H groups in total. The highest BCUT2D eigenvalue weighted by Crippen LogP contribution is 2.46. The molecule has 0 spiro atoms. The maximum absolute atomic E-state index is 10.2. The summed E-state index contributed by atoms with van der Waals surface area (Å²) in [6.07, 6.45) is 9.94. The SMILES string of the molecule is OC1(C2CC2)CCCCCC1. The number of hydrogen-bond donors (Lipinski definition) is 1. The molecule has 1 heteroatoms. The van der Waals surface area contributed by atoms with E-state index in [4.69, 9.17) is 0 Å². The summed E-state index contributed by atoms with van der Waals surface area (Å²) >= 11 is 0. The standard InChI is InChI=1S/C10H18O/c11-10(9-5-6-9)7-3-1-2-4-8-10/h9,11H,1-8H2. The summed E-state index contributed by atoms with van der Waals surface area (Å²) in [7, 11) is 0. The van der Waals surface area contributed by atoms with Crippen molar-refractivity contribution in [1.82, 2.24) is 0 Å². The van der Waals surface area contributed by atoms with E-state index in [1.807, 2.05) is 0 Å². The predicted molar refractivity (Wildman–Crippen MR) is 45.4 cm³/mol. The predicted octanol–water partition coefficient (Wildman–Crippen LogP) is 2.48. The van der Waals surface area contributed by atoms with Crippen LogP contribution >= 0.6 is 0 Å². The van der Waals surface area contributed by atoms with E-state index < -0.39 is 0 Å². The molecule has 0 aromatic carbocycles. The third kappa shape index (κ3) is 1.58. The Hall–Kier alpha value is -0.0400. The summed E-state index contributed by atoms with van der Waals surface area (Å²) in [5, 5.41) is 10.2. The molecule has 0 amide bonds. The molecule has 0 unspecified atom stereocenters. The van der Waals surface area contributed by atoms with Crippen LogP contribution in [0.4, 0.5) is 0 Å². The van der Waals surface area contributed by atoms with Gasteiger partial charge in [-0.25, -0.2) is 0 Å². The van der Waals surface area contributed by atoms with Crippen LogP contribution in [-0.2, 0) is 0 Å². The van der Waals surface area contributed by atoms with E-state index in [9.17, 15) is 5.11 Å². The summed E-state index contributed by atoms with van der Waals surface area (Å²) in [5.41, 5.74) is -0.226. The van der Waals surface area contributed by atoms with E-state index in [2.05, 4.69) is 0 Å². The van der Waals surface area contributed by atoms with Crippen molar-refractivity contribution in [2.24, 2.45) is 5.92 Å². The van der Waals surface area contributed by atoms with E-state index >= 15 is 0 Å². The Bertz CT molecular complexity index is 130. The Morgan fingerprint density at radius 1 is 0.909 bits per heavy atom. The first-order valence-corrected chi connectivity index (χ1v) is 5.04. The lowest BCUT2D eigenvalue weighted by atomic mass is 9.89. The fourth-order valence-corrected chi connectivity index (χ4v) is 2.37. The van der Waals surface area contributed by atoms with E-state index in [1.165, 1.54) is 38.5 Å². The van der Waals surface area contributed by atoms with E-state index in [1.54, 1.807) is 0 Å². The number of aliphatic hydroxyl groups is 1. The lowest BCUT2D eigenvalue weighted by molar-refractivity contribution is 0.00279. The smallest absolute Gasteiger partial charge is 0.0675 e. The molecule has 2 rings (SSSR count). The van der Waals surface area contributed by atoms with Gasteiger partial charge in [0.15, 0.2) is 0 Å². The highest BCUT2D eigenvalue weighted by Gasteiger charge is 2.43. The van der Waals surface area contributed by atoms with Crippen molar-refractivity contribution in [3.8, 4) is 0 Å². The zero-order valence-corrected chi connectivity index (χ0v) is 7.18. The molecule has 0 aromatic rings. The third-order valence-electron chi connectivity index (χ3n) is 3.31. The van der Waals surface area contributed by atoms with Gasteiger partial charge in [-0.05, 0) is 31.6 Å². The minimum absolute atomic E-state index is 0.226. The molecule has 0 aromatic heterocycles. The van der Waals surface area contributed by atoms with Crippen LogP contribution < -0.4 is 0 Å². The molecular weight excluding hydrogens is 136 g/mol. The topological polar surface area (TPSA) is 20.2 Å². The van der Waals surface area contributed by atoms with Gasteiger partial charge in [0.1, 0.15) is 0 Å². The molecular formula is C10H18O. The summed E-state index contributed by atoms with van der Waals surface area (Å²) in [6, 6.07) is 0. The second-order valence-electron chi connectivity index (χ2n) is 4.29. The molecule has 2 saturated carbocycles. The van der Waals surface area contributed by atoms with Crippen LogP contribution in [0.1, 0.15) is 51.4 Å². The van der Waals surface area contributed by atoms with Gasteiger partial charge < -0.3 is 5.11 Å². The average molecular weight is 154 g/mol. The number of rotatable bonds is 1. The molecule has 11 heavy (non-hydrogen) atoms. The van der Waals surface area contributed by atoms with Gasteiger partial charge >= 0.3 is 0 Å². The first-order chi connectivity index (χ1) is 5.31. The minimum Gasteiger partial charge on any atom is -0.390 e. The Morgan fingerprint density at radius 3 is 1.91 bits per heavy atom. The van der Waals surface area contributed by atoms with Crippen LogP contribution in [0.25, 0.3) is 0 Å². The first-order valence-electron chi connectivity index (χ1n) is 5.04. The molecule has 0 heterocycles. The molecule has 2 aliphatic rings. The van der Waals surface area contributed by atoms with Crippen molar-refractivity contribution in [2.45, 2.75) is 57.0 Å². The van der Waals surface area contributed by atoms with Crippen LogP contribution in [0, 0.1) is 5.92 Å². The summed E-state index contributed by atoms with van der Waals surface area (Å²) in [4.78, 5) is 0. The fraction of sp³-hybridized carbons (Fsp3) is 1.00. The van der Waals surface area contributed by atoms with Crippen molar-refractivity contribution >= 4 is 0 Å².